The van der Waals surface area contributed by atoms with Gasteiger partial charge < -0.3 is 29.4 Å². The predicted molar refractivity (Wildman–Crippen MR) is 141 cm³/mol. The Hall–Kier alpha value is -2.94. The fourth-order valence-electron chi connectivity index (χ4n) is 4.65. The topological polar surface area (TPSA) is 105 Å². The van der Waals surface area contributed by atoms with Gasteiger partial charge in [0.25, 0.3) is 5.89 Å². The van der Waals surface area contributed by atoms with E-state index >= 15 is 0 Å². The van der Waals surface area contributed by atoms with Crippen molar-refractivity contribution < 1.29 is 19.1 Å². The number of H-pyrrole nitrogens is 1. The number of allylic oxidation sites excluding steroid dienone is 2. The molecule has 3 unspecified atom stereocenters. The second kappa shape index (κ2) is 11.4. The van der Waals surface area contributed by atoms with Crippen LogP contribution in [0.5, 0.6) is 0 Å². The minimum atomic E-state index is -0.370. The van der Waals surface area contributed by atoms with Crippen LogP contribution in [-0.2, 0) is 16.0 Å². The van der Waals surface area contributed by atoms with Crippen LogP contribution in [0.2, 0.25) is 0 Å². The summed E-state index contributed by atoms with van der Waals surface area (Å²) in [6.07, 6.45) is 7.33. The van der Waals surface area contributed by atoms with Crippen molar-refractivity contribution in [2.75, 3.05) is 19.8 Å². The number of aliphatic hydroxyl groups is 1. The molecule has 0 fully saturated rings. The minimum Gasteiger partial charge on any atom is -0.495 e. The zero-order valence-corrected chi connectivity index (χ0v) is 21.9. The lowest BCUT2D eigenvalue weighted by atomic mass is 9.85. The Bertz CT molecular complexity index is 1230. The summed E-state index contributed by atoms with van der Waals surface area (Å²) in [5.74, 6) is 2.17. The molecule has 2 heterocycles. The average Bonchev–Trinajstić information content (AvgIpc) is 3.56. The van der Waals surface area contributed by atoms with Gasteiger partial charge in [-0.1, -0.05) is 37.6 Å². The van der Waals surface area contributed by atoms with E-state index in [2.05, 4.69) is 36.2 Å². The Kier molecular flexibility index (Phi) is 8.28. The third kappa shape index (κ3) is 5.26. The van der Waals surface area contributed by atoms with Crippen LogP contribution in [0.25, 0.3) is 27.9 Å². The number of nitrogens with one attached hydrogen (secondary N) is 2. The third-order valence-electron chi connectivity index (χ3n) is 7.29. The van der Waals surface area contributed by atoms with Crippen molar-refractivity contribution in [3.05, 3.63) is 53.8 Å². The molecule has 0 saturated carbocycles. The third-order valence-corrected chi connectivity index (χ3v) is 7.29. The molecule has 4 rings (SSSR count). The van der Waals surface area contributed by atoms with Gasteiger partial charge in [-0.25, -0.2) is 0 Å². The van der Waals surface area contributed by atoms with Crippen molar-refractivity contribution in [2.24, 2.45) is 5.92 Å². The summed E-state index contributed by atoms with van der Waals surface area (Å²) in [7, 11) is 0. The van der Waals surface area contributed by atoms with Crippen molar-refractivity contribution in [3.63, 3.8) is 0 Å². The second-order valence-electron chi connectivity index (χ2n) is 9.55. The average molecular weight is 495 g/mol. The van der Waals surface area contributed by atoms with Gasteiger partial charge in [0.05, 0.1) is 13.2 Å². The highest BCUT2D eigenvalue weighted by Gasteiger charge is 2.29. The van der Waals surface area contributed by atoms with Crippen LogP contribution < -0.4 is 5.32 Å². The summed E-state index contributed by atoms with van der Waals surface area (Å²) in [6, 6.07) is 6.04. The first kappa shape index (κ1) is 26.1. The summed E-state index contributed by atoms with van der Waals surface area (Å²) in [6.45, 7) is 12.2. The molecule has 3 aromatic rings. The van der Waals surface area contributed by atoms with Crippen LogP contribution in [0.4, 0.5) is 0 Å². The van der Waals surface area contributed by atoms with Gasteiger partial charge in [-0.2, -0.15) is 4.98 Å². The van der Waals surface area contributed by atoms with Crippen LogP contribution in [0.15, 0.2) is 46.8 Å². The molecule has 0 saturated heterocycles. The fraction of sp³-hybridized carbons (Fsp3) is 0.500. The molecule has 0 aliphatic heterocycles. The molecule has 3 atom stereocenters. The van der Waals surface area contributed by atoms with E-state index in [1.165, 1.54) is 0 Å². The Morgan fingerprint density at radius 1 is 1.25 bits per heavy atom. The normalized spacial score (nSPS) is 18.6. The lowest BCUT2D eigenvalue weighted by Crippen LogP contribution is -2.50. The van der Waals surface area contributed by atoms with Crippen molar-refractivity contribution >= 4 is 16.5 Å². The van der Waals surface area contributed by atoms with E-state index < -0.39 is 0 Å². The molecule has 0 radical (unpaired) electrons. The molecular formula is C28H38N4O4. The van der Waals surface area contributed by atoms with E-state index in [4.69, 9.17) is 19.0 Å². The molecule has 8 heteroatoms. The number of rotatable bonds is 12. The number of aromatic amines is 1. The smallest absolute Gasteiger partial charge is 0.254 e. The number of hydrogen-bond acceptors (Lipinski definition) is 7. The van der Waals surface area contributed by atoms with Crippen LogP contribution in [0.3, 0.4) is 0 Å². The zero-order chi connectivity index (χ0) is 25.7. The number of nitrogens with zero attached hydrogens (tertiary/aromatic N) is 2. The van der Waals surface area contributed by atoms with Gasteiger partial charge in [0, 0.05) is 53.3 Å². The van der Waals surface area contributed by atoms with Crippen LogP contribution in [0.1, 0.15) is 58.9 Å². The van der Waals surface area contributed by atoms with Crippen LogP contribution >= 0.6 is 0 Å². The number of aromatic nitrogens is 3. The summed E-state index contributed by atoms with van der Waals surface area (Å²) in [4.78, 5) is 8.13. The maximum Gasteiger partial charge on any atom is 0.254 e. The molecule has 194 valence electrons. The number of hydrogen-bond donors (Lipinski definition) is 3. The Labute approximate surface area is 212 Å². The largest absolute Gasteiger partial charge is 0.495 e. The van der Waals surface area contributed by atoms with Gasteiger partial charge >= 0.3 is 0 Å². The molecular weight excluding hydrogens is 456 g/mol. The Morgan fingerprint density at radius 3 is 2.81 bits per heavy atom. The first-order chi connectivity index (χ1) is 17.4. The van der Waals surface area contributed by atoms with Gasteiger partial charge in [0.1, 0.15) is 11.9 Å². The lowest BCUT2D eigenvalue weighted by Gasteiger charge is -2.34. The van der Waals surface area contributed by atoms with Crippen molar-refractivity contribution in [3.8, 4) is 11.4 Å². The van der Waals surface area contributed by atoms with Gasteiger partial charge in [-0.3, -0.25) is 0 Å². The number of benzene rings is 1. The lowest BCUT2D eigenvalue weighted by molar-refractivity contribution is 0.0403. The second-order valence-corrected chi connectivity index (χ2v) is 9.55. The number of aliphatic hydroxyl groups excluding tert-OH is 1. The summed E-state index contributed by atoms with van der Waals surface area (Å²) in [5.41, 5.74) is 3.55. The SMILES string of the molecule is CCOC1=CC=C(c2nc(-c3cccc4[nH]cc(CNC(C)(CO)C(C)CC)c34)no2)CC1OCC. The molecule has 1 aromatic carbocycles. The highest BCUT2D eigenvalue weighted by molar-refractivity contribution is 5.96. The monoisotopic (exact) mass is 494 g/mol. The molecule has 2 aromatic heterocycles. The molecule has 1 aliphatic carbocycles. The summed E-state index contributed by atoms with van der Waals surface area (Å²) < 4.78 is 17.3. The quantitative estimate of drug-likeness (QED) is 0.317. The van der Waals surface area contributed by atoms with Gasteiger partial charge in [-0.15, -0.1) is 0 Å². The zero-order valence-electron chi connectivity index (χ0n) is 21.9. The van der Waals surface area contributed by atoms with Gasteiger partial charge in [-0.05, 0) is 50.5 Å². The molecule has 0 amide bonds. The number of fused-ring (bicyclic) bond motifs is 1. The van der Waals surface area contributed by atoms with Gasteiger partial charge in [0.2, 0.25) is 5.82 Å². The van der Waals surface area contributed by atoms with E-state index in [9.17, 15) is 5.11 Å². The highest BCUT2D eigenvalue weighted by Crippen LogP contribution is 2.33. The van der Waals surface area contributed by atoms with E-state index in [0.29, 0.717) is 43.8 Å². The van der Waals surface area contributed by atoms with E-state index in [1.807, 2.05) is 50.4 Å². The van der Waals surface area contributed by atoms with E-state index in [-0.39, 0.29) is 18.2 Å². The Morgan fingerprint density at radius 2 is 2.08 bits per heavy atom. The maximum atomic E-state index is 10.1. The van der Waals surface area contributed by atoms with E-state index in [1.54, 1.807) is 0 Å². The molecule has 3 N–H and O–H groups in total. The van der Waals surface area contributed by atoms with Crippen LogP contribution in [-0.4, -0.2) is 51.7 Å². The first-order valence-corrected chi connectivity index (χ1v) is 12.9. The summed E-state index contributed by atoms with van der Waals surface area (Å²) in [5, 5.41) is 19.0. The molecule has 8 nitrogen and oxygen atoms in total. The Balaban J connectivity index is 1.62. The minimum absolute atomic E-state index is 0.0722. The van der Waals surface area contributed by atoms with Gasteiger partial charge in [0.15, 0.2) is 0 Å². The maximum absolute atomic E-state index is 10.1. The van der Waals surface area contributed by atoms with Crippen LogP contribution in [0, 0.1) is 5.92 Å². The molecule has 1 aliphatic rings. The first-order valence-electron chi connectivity index (χ1n) is 12.9. The van der Waals surface area contributed by atoms with Crippen molar-refractivity contribution in [1.29, 1.82) is 0 Å². The predicted octanol–water partition coefficient (Wildman–Crippen LogP) is 5.22. The van der Waals surface area contributed by atoms with Crippen molar-refractivity contribution in [1.82, 2.24) is 20.4 Å². The highest BCUT2D eigenvalue weighted by atomic mass is 16.5. The van der Waals surface area contributed by atoms with E-state index in [0.717, 1.165) is 39.8 Å². The standard InChI is InChI=1S/C28H38N4O4/c1-6-18(4)28(5,17-33)30-16-20-15-29-22-11-9-10-21(25(20)22)26-31-27(36-32-26)19-12-13-23(34-7-2)24(14-19)35-8-3/h9-13,15,18,24,29-30,33H,6-8,14,16-17H2,1-5H3. The fourth-order valence-corrected chi connectivity index (χ4v) is 4.65. The number of ether oxygens (including phenoxy) is 2. The summed E-state index contributed by atoms with van der Waals surface area (Å²) >= 11 is 0. The van der Waals surface area contributed by atoms with Crippen molar-refractivity contribution in [2.45, 2.75) is 65.6 Å². The molecule has 36 heavy (non-hydrogen) atoms. The molecule has 0 spiro atoms. The molecule has 0 bridgehead atoms.